The molecule has 0 aliphatic carbocycles. The van der Waals surface area contributed by atoms with Crippen LogP contribution in [-0.4, -0.2) is 33.6 Å². The van der Waals surface area contributed by atoms with Crippen LogP contribution >= 0.6 is 11.3 Å². The number of hydrogen-bond acceptors (Lipinski definition) is 8. The van der Waals surface area contributed by atoms with Gasteiger partial charge < -0.3 is 19.6 Å². The highest BCUT2D eigenvalue weighted by Crippen LogP contribution is 2.38. The summed E-state index contributed by atoms with van der Waals surface area (Å²) in [5.41, 5.74) is 0.457. The Balaban J connectivity index is 1.58. The van der Waals surface area contributed by atoms with Crippen LogP contribution in [0.25, 0.3) is 0 Å². The maximum atomic E-state index is 13.1. The number of carbonyl (C=O) groups is 1. The largest absolute Gasteiger partial charge is 0.507 e. The van der Waals surface area contributed by atoms with Gasteiger partial charge in [0, 0.05) is 23.1 Å². The van der Waals surface area contributed by atoms with Gasteiger partial charge in [0.25, 0.3) is 5.91 Å². The number of methoxy groups -OCH3 is 1. The first-order valence-corrected chi connectivity index (χ1v) is 11.3. The van der Waals surface area contributed by atoms with Crippen molar-refractivity contribution in [2.45, 2.75) is 19.4 Å². The van der Waals surface area contributed by atoms with Gasteiger partial charge in [-0.15, -0.1) is 11.3 Å². The first-order valence-electron chi connectivity index (χ1n) is 10.4. The summed E-state index contributed by atoms with van der Waals surface area (Å²) in [5, 5.41) is 19.7. The highest BCUT2D eigenvalue weighted by molar-refractivity contribution is 7.10. The molecule has 1 amide bonds. The minimum Gasteiger partial charge on any atom is -0.507 e. The molecule has 3 aromatic heterocycles. The molecular formula is C24H20N4O5S. The molecule has 172 valence electrons. The van der Waals surface area contributed by atoms with Crippen LogP contribution in [0.2, 0.25) is 0 Å². The third-order valence-electron chi connectivity index (χ3n) is 5.50. The van der Waals surface area contributed by atoms with Crippen molar-refractivity contribution in [1.29, 1.82) is 0 Å². The Kier molecular flexibility index (Phi) is 5.50. The van der Waals surface area contributed by atoms with E-state index in [1.807, 2.05) is 17.5 Å². The lowest BCUT2D eigenvalue weighted by atomic mass is 10.00. The number of aromatic nitrogens is 2. The average molecular weight is 477 g/mol. The quantitative estimate of drug-likeness (QED) is 0.444. The van der Waals surface area contributed by atoms with Crippen molar-refractivity contribution in [3.8, 4) is 11.5 Å². The topological polar surface area (TPSA) is 119 Å². The van der Waals surface area contributed by atoms with Crippen LogP contribution in [0.1, 0.15) is 39.0 Å². The van der Waals surface area contributed by atoms with E-state index < -0.39 is 11.5 Å². The number of aromatic hydroxyl groups is 1. The number of amides is 1. The second-order valence-corrected chi connectivity index (χ2v) is 8.69. The van der Waals surface area contributed by atoms with Crippen LogP contribution < -0.4 is 15.7 Å². The number of fused-ring (bicyclic) bond motifs is 1. The van der Waals surface area contributed by atoms with E-state index in [0.717, 1.165) is 4.88 Å². The fourth-order valence-corrected chi connectivity index (χ4v) is 4.70. The third kappa shape index (κ3) is 3.88. The molecular weight excluding hydrogens is 456 g/mol. The first kappa shape index (κ1) is 21.7. The van der Waals surface area contributed by atoms with Crippen LogP contribution in [0.5, 0.6) is 11.5 Å². The molecule has 34 heavy (non-hydrogen) atoms. The highest BCUT2D eigenvalue weighted by atomic mass is 32.1. The summed E-state index contributed by atoms with van der Waals surface area (Å²) in [6.45, 7) is 1.58. The van der Waals surface area contributed by atoms with E-state index in [-0.39, 0.29) is 22.9 Å². The number of anilines is 1. The van der Waals surface area contributed by atoms with Crippen LogP contribution in [0.4, 0.5) is 11.5 Å². The summed E-state index contributed by atoms with van der Waals surface area (Å²) in [6, 6.07) is 11.9. The highest BCUT2D eigenvalue weighted by Gasteiger charge is 2.32. The van der Waals surface area contributed by atoms with E-state index in [4.69, 9.17) is 9.15 Å². The predicted octanol–water partition coefficient (Wildman–Crippen LogP) is 4.29. The van der Waals surface area contributed by atoms with Gasteiger partial charge >= 0.3 is 5.63 Å². The molecule has 1 aliphatic rings. The van der Waals surface area contributed by atoms with Crippen molar-refractivity contribution in [3.05, 3.63) is 86.2 Å². The van der Waals surface area contributed by atoms with Crippen molar-refractivity contribution >= 4 is 34.5 Å². The lowest BCUT2D eigenvalue weighted by Crippen LogP contribution is -2.25. The van der Waals surface area contributed by atoms with E-state index in [1.54, 1.807) is 43.0 Å². The molecule has 0 fully saturated rings. The van der Waals surface area contributed by atoms with E-state index in [0.29, 0.717) is 35.1 Å². The summed E-state index contributed by atoms with van der Waals surface area (Å²) in [4.78, 5) is 31.3. The van der Waals surface area contributed by atoms with Crippen molar-refractivity contribution in [3.63, 3.8) is 0 Å². The first-order chi connectivity index (χ1) is 16.4. The van der Waals surface area contributed by atoms with Crippen molar-refractivity contribution in [2.75, 3.05) is 12.4 Å². The standard InChI is InChI=1S/C24H20N4O5S/c1-13-10-19(29)21(24(31)33-13)17-11-18(20-4-3-9-34-20)28-22(27-17)16(12-25-28)23(30)26-14-5-7-15(32-2)8-6-14/h3-10,12,18,29H,11H2,1-2H3,(H,26,30)/t18-/m0/s1. The van der Waals surface area contributed by atoms with Crippen LogP contribution in [0.15, 0.2) is 68.2 Å². The molecule has 2 N–H and O–H groups in total. The molecule has 0 saturated heterocycles. The Bertz CT molecular complexity index is 1450. The molecule has 1 aromatic carbocycles. The molecule has 4 heterocycles. The molecule has 0 unspecified atom stereocenters. The maximum absolute atomic E-state index is 13.1. The van der Waals surface area contributed by atoms with E-state index in [9.17, 15) is 14.7 Å². The van der Waals surface area contributed by atoms with E-state index in [1.165, 1.54) is 23.6 Å². The second kappa shape index (κ2) is 8.64. The molecule has 4 aromatic rings. The van der Waals surface area contributed by atoms with E-state index >= 15 is 0 Å². The number of thiophene rings is 1. The van der Waals surface area contributed by atoms with Gasteiger partial charge in [0.15, 0.2) is 5.82 Å². The number of hydrogen-bond donors (Lipinski definition) is 2. The zero-order valence-corrected chi connectivity index (χ0v) is 19.1. The Labute approximate surface area is 198 Å². The number of aryl methyl sites for hydroxylation is 1. The third-order valence-corrected chi connectivity index (χ3v) is 6.47. The fourth-order valence-electron chi connectivity index (χ4n) is 3.89. The van der Waals surface area contributed by atoms with Crippen LogP contribution in [-0.2, 0) is 0 Å². The SMILES string of the molecule is COc1ccc(NC(=O)c2cnn3c2N=C(c2c(O)cc(C)oc2=O)C[C@H]3c2cccs2)cc1. The number of aliphatic imine (C=N–C) groups is 1. The summed E-state index contributed by atoms with van der Waals surface area (Å²) in [6.07, 6.45) is 1.76. The number of nitrogens with one attached hydrogen (secondary N) is 1. The lowest BCUT2D eigenvalue weighted by molar-refractivity contribution is 0.102. The summed E-state index contributed by atoms with van der Waals surface area (Å²) in [5.74, 6) is 0.647. The number of rotatable bonds is 5. The summed E-state index contributed by atoms with van der Waals surface area (Å²) >= 11 is 1.53. The zero-order valence-electron chi connectivity index (χ0n) is 18.3. The molecule has 0 spiro atoms. The number of carbonyl (C=O) groups excluding carboxylic acids is 1. The molecule has 10 heteroatoms. The van der Waals surface area contributed by atoms with Crippen molar-refractivity contribution in [2.24, 2.45) is 4.99 Å². The van der Waals surface area contributed by atoms with Crippen LogP contribution in [0.3, 0.4) is 0 Å². The number of nitrogens with zero attached hydrogens (tertiary/aromatic N) is 3. The predicted molar refractivity (Wildman–Crippen MR) is 128 cm³/mol. The van der Waals surface area contributed by atoms with Gasteiger partial charge in [0.05, 0.1) is 25.1 Å². The van der Waals surface area contributed by atoms with Gasteiger partial charge in [-0.3, -0.25) is 4.79 Å². The maximum Gasteiger partial charge on any atom is 0.348 e. The minimum atomic E-state index is -0.682. The van der Waals surface area contributed by atoms with Gasteiger partial charge in [-0.25, -0.2) is 14.5 Å². The summed E-state index contributed by atoms with van der Waals surface area (Å²) in [7, 11) is 1.57. The molecule has 5 rings (SSSR count). The molecule has 0 radical (unpaired) electrons. The van der Waals surface area contributed by atoms with Gasteiger partial charge in [-0.1, -0.05) is 6.07 Å². The molecule has 0 bridgehead atoms. The fraction of sp³-hybridized carbons (Fsp3) is 0.167. The smallest absolute Gasteiger partial charge is 0.348 e. The monoisotopic (exact) mass is 476 g/mol. The second-order valence-electron chi connectivity index (χ2n) is 7.71. The normalized spacial score (nSPS) is 14.9. The molecule has 1 aliphatic heterocycles. The van der Waals surface area contributed by atoms with Crippen molar-refractivity contribution in [1.82, 2.24) is 9.78 Å². The molecule has 9 nitrogen and oxygen atoms in total. The Morgan fingerprint density at radius 3 is 2.76 bits per heavy atom. The lowest BCUT2D eigenvalue weighted by Gasteiger charge is -2.24. The van der Waals surface area contributed by atoms with Gasteiger partial charge in [-0.2, -0.15) is 5.10 Å². The minimum absolute atomic E-state index is 0.0129. The average Bonchev–Trinajstić information content (AvgIpc) is 3.49. The van der Waals surface area contributed by atoms with Gasteiger partial charge in [0.2, 0.25) is 0 Å². The van der Waals surface area contributed by atoms with Crippen molar-refractivity contribution < 1.29 is 19.1 Å². The van der Waals surface area contributed by atoms with E-state index in [2.05, 4.69) is 15.4 Å². The Morgan fingerprint density at radius 2 is 2.09 bits per heavy atom. The van der Waals surface area contributed by atoms with Crippen LogP contribution in [0, 0.1) is 6.92 Å². The molecule has 1 atom stereocenters. The zero-order chi connectivity index (χ0) is 23.8. The number of ether oxygens (including phenoxy) is 1. The Morgan fingerprint density at radius 1 is 1.29 bits per heavy atom. The van der Waals surface area contributed by atoms with Gasteiger partial charge in [0.1, 0.15) is 28.4 Å². The van der Waals surface area contributed by atoms with Gasteiger partial charge in [-0.05, 0) is 42.6 Å². The summed E-state index contributed by atoms with van der Waals surface area (Å²) < 4.78 is 12.0. The molecule has 0 saturated carbocycles. The number of benzene rings is 1. The Hall–Kier alpha value is -4.18.